The van der Waals surface area contributed by atoms with E-state index in [1.54, 1.807) is 29.5 Å². The number of hydrogen-bond acceptors (Lipinski definition) is 4. The van der Waals surface area contributed by atoms with E-state index in [4.69, 9.17) is 10.5 Å². The van der Waals surface area contributed by atoms with Crippen molar-refractivity contribution in [2.24, 2.45) is 5.73 Å². The van der Waals surface area contributed by atoms with Gasteiger partial charge < -0.3 is 10.5 Å². The normalized spacial score (nSPS) is 11.1. The average Bonchev–Trinajstić information content (AvgIpc) is 2.84. The van der Waals surface area contributed by atoms with Crippen LogP contribution in [0.25, 0.3) is 0 Å². The van der Waals surface area contributed by atoms with Gasteiger partial charge in [0.2, 0.25) is 0 Å². The largest absolute Gasteiger partial charge is 0.490 e. The molecule has 2 aromatic rings. The first-order valence-corrected chi connectivity index (χ1v) is 7.49. The minimum atomic E-state index is -0.336. The number of rotatable bonds is 6. The molecule has 0 saturated heterocycles. The molecule has 0 amide bonds. The van der Waals surface area contributed by atoms with Gasteiger partial charge in [0.1, 0.15) is 0 Å². The molecule has 1 heterocycles. The quantitative estimate of drug-likeness (QED) is 0.887. The van der Waals surface area contributed by atoms with Crippen LogP contribution >= 0.6 is 11.3 Å². The highest BCUT2D eigenvalue weighted by Gasteiger charge is 2.13. The zero-order chi connectivity index (χ0) is 14.5. The molecule has 108 valence electrons. The van der Waals surface area contributed by atoms with Gasteiger partial charge in [0.15, 0.2) is 11.6 Å². The monoisotopic (exact) mass is 294 g/mol. The molecule has 0 bridgehead atoms. The summed E-state index contributed by atoms with van der Waals surface area (Å²) in [5.41, 5.74) is 6.80. The molecule has 2 N–H and O–H groups in total. The summed E-state index contributed by atoms with van der Waals surface area (Å²) in [7, 11) is 0. The van der Waals surface area contributed by atoms with Crippen LogP contribution in [0.1, 0.15) is 35.3 Å². The van der Waals surface area contributed by atoms with Crippen LogP contribution in [-0.4, -0.2) is 11.6 Å². The molecule has 0 radical (unpaired) electrons. The van der Waals surface area contributed by atoms with Gasteiger partial charge in [-0.2, -0.15) is 0 Å². The maximum atomic E-state index is 13.4. The van der Waals surface area contributed by atoms with Crippen molar-refractivity contribution in [2.75, 3.05) is 6.61 Å². The van der Waals surface area contributed by atoms with Gasteiger partial charge in [-0.25, -0.2) is 9.37 Å². The van der Waals surface area contributed by atoms with E-state index in [0.29, 0.717) is 25.5 Å². The second-order valence-electron chi connectivity index (χ2n) is 4.80. The zero-order valence-electron chi connectivity index (χ0n) is 11.7. The summed E-state index contributed by atoms with van der Waals surface area (Å²) in [6.45, 7) is 5.14. The van der Waals surface area contributed by atoms with Crippen LogP contribution in [0.5, 0.6) is 5.75 Å². The summed E-state index contributed by atoms with van der Waals surface area (Å²) in [6.07, 6.45) is 0.665. The van der Waals surface area contributed by atoms with E-state index in [2.05, 4.69) is 18.8 Å². The predicted molar refractivity (Wildman–Crippen MR) is 79.7 cm³/mol. The fourth-order valence-electron chi connectivity index (χ4n) is 1.93. The molecule has 0 aliphatic rings. The van der Waals surface area contributed by atoms with Crippen LogP contribution in [0, 0.1) is 5.82 Å². The van der Waals surface area contributed by atoms with Gasteiger partial charge in [-0.05, 0) is 18.1 Å². The topological polar surface area (TPSA) is 48.1 Å². The van der Waals surface area contributed by atoms with E-state index < -0.39 is 0 Å². The highest BCUT2D eigenvalue weighted by atomic mass is 32.1. The van der Waals surface area contributed by atoms with Gasteiger partial charge in [0, 0.05) is 17.8 Å². The van der Waals surface area contributed by atoms with Crippen molar-refractivity contribution in [1.29, 1.82) is 0 Å². The minimum absolute atomic E-state index is 0.284. The summed E-state index contributed by atoms with van der Waals surface area (Å²) in [4.78, 5) is 5.72. The standard InChI is InChI=1S/C15H19FN2OS/c1-10(2)15-13(9-17)20-14(18-15)7-8-19-12-6-4-3-5-11(12)16/h3-6,10H,7-9,17H2,1-2H3. The molecular formula is C15H19FN2OS. The second-order valence-corrected chi connectivity index (χ2v) is 5.97. The first-order valence-electron chi connectivity index (χ1n) is 6.67. The maximum absolute atomic E-state index is 13.4. The van der Waals surface area contributed by atoms with Gasteiger partial charge >= 0.3 is 0 Å². The third-order valence-corrected chi connectivity index (χ3v) is 4.07. The first kappa shape index (κ1) is 14.9. The third kappa shape index (κ3) is 3.55. The van der Waals surface area contributed by atoms with Crippen molar-refractivity contribution in [1.82, 2.24) is 4.98 Å². The average molecular weight is 294 g/mol. The molecule has 0 atom stereocenters. The molecule has 0 saturated carbocycles. The lowest BCUT2D eigenvalue weighted by Gasteiger charge is -2.05. The van der Waals surface area contributed by atoms with E-state index in [0.717, 1.165) is 15.6 Å². The molecule has 0 spiro atoms. The number of benzene rings is 1. The van der Waals surface area contributed by atoms with Crippen LogP contribution < -0.4 is 10.5 Å². The molecule has 3 nitrogen and oxygen atoms in total. The fraction of sp³-hybridized carbons (Fsp3) is 0.400. The number of thiazole rings is 1. The zero-order valence-corrected chi connectivity index (χ0v) is 12.5. The van der Waals surface area contributed by atoms with Crippen molar-refractivity contribution in [3.8, 4) is 5.75 Å². The molecule has 5 heteroatoms. The van der Waals surface area contributed by atoms with Gasteiger partial charge in [-0.3, -0.25) is 0 Å². The summed E-state index contributed by atoms with van der Waals surface area (Å²) >= 11 is 1.62. The third-order valence-electron chi connectivity index (χ3n) is 2.91. The number of ether oxygens (including phenoxy) is 1. The summed E-state index contributed by atoms with van der Waals surface area (Å²) < 4.78 is 18.8. The number of aromatic nitrogens is 1. The highest BCUT2D eigenvalue weighted by Crippen LogP contribution is 2.25. The Balaban J connectivity index is 1.96. The SMILES string of the molecule is CC(C)c1nc(CCOc2ccccc2F)sc1CN. The van der Waals surface area contributed by atoms with E-state index in [1.165, 1.54) is 6.07 Å². The summed E-state index contributed by atoms with van der Waals surface area (Å²) in [5.74, 6) is 0.315. The molecular weight excluding hydrogens is 275 g/mol. The Labute approximate surface area is 122 Å². The number of hydrogen-bond donors (Lipinski definition) is 1. The van der Waals surface area contributed by atoms with Crippen LogP contribution in [-0.2, 0) is 13.0 Å². The van der Waals surface area contributed by atoms with Crippen molar-refractivity contribution in [2.45, 2.75) is 32.7 Å². The number of nitrogens with zero attached hydrogens (tertiary/aromatic N) is 1. The van der Waals surface area contributed by atoms with E-state index in [9.17, 15) is 4.39 Å². The van der Waals surface area contributed by atoms with Gasteiger partial charge in [0.25, 0.3) is 0 Å². The Kier molecular flexibility index (Phi) is 5.09. The van der Waals surface area contributed by atoms with Crippen LogP contribution in [0.4, 0.5) is 4.39 Å². The minimum Gasteiger partial charge on any atom is -0.490 e. The first-order chi connectivity index (χ1) is 9.61. The molecule has 20 heavy (non-hydrogen) atoms. The smallest absolute Gasteiger partial charge is 0.165 e. The Morgan fingerprint density at radius 3 is 2.70 bits per heavy atom. The Bertz CT molecular complexity index is 569. The molecule has 0 fully saturated rings. The van der Waals surface area contributed by atoms with Crippen LogP contribution in [0.2, 0.25) is 0 Å². The molecule has 1 aromatic heterocycles. The molecule has 0 unspecified atom stereocenters. The number of nitrogens with two attached hydrogens (primary N) is 1. The van der Waals surface area contributed by atoms with Crippen LogP contribution in [0.15, 0.2) is 24.3 Å². The van der Waals surface area contributed by atoms with Crippen molar-refractivity contribution in [3.05, 3.63) is 45.7 Å². The Hall–Kier alpha value is -1.46. The number of para-hydroxylation sites is 1. The van der Waals surface area contributed by atoms with E-state index in [1.807, 2.05) is 0 Å². The molecule has 2 rings (SSSR count). The Morgan fingerprint density at radius 2 is 2.10 bits per heavy atom. The number of halogens is 1. The molecule has 0 aliphatic heterocycles. The van der Waals surface area contributed by atoms with Gasteiger partial charge in [-0.1, -0.05) is 26.0 Å². The van der Waals surface area contributed by atoms with Gasteiger partial charge in [-0.15, -0.1) is 11.3 Å². The van der Waals surface area contributed by atoms with Crippen molar-refractivity contribution < 1.29 is 9.13 Å². The lowest BCUT2D eigenvalue weighted by Crippen LogP contribution is -2.03. The van der Waals surface area contributed by atoms with E-state index >= 15 is 0 Å². The van der Waals surface area contributed by atoms with Crippen LogP contribution in [0.3, 0.4) is 0 Å². The Morgan fingerprint density at radius 1 is 1.35 bits per heavy atom. The maximum Gasteiger partial charge on any atom is 0.165 e. The fourth-order valence-corrected chi connectivity index (χ4v) is 3.01. The lowest BCUT2D eigenvalue weighted by atomic mass is 10.1. The molecule has 1 aromatic carbocycles. The summed E-state index contributed by atoms with van der Waals surface area (Å²) in [5, 5.41) is 0.991. The molecule has 0 aliphatic carbocycles. The summed E-state index contributed by atoms with van der Waals surface area (Å²) in [6, 6.07) is 6.42. The second kappa shape index (κ2) is 6.81. The van der Waals surface area contributed by atoms with E-state index in [-0.39, 0.29) is 11.6 Å². The predicted octanol–water partition coefficient (Wildman–Crippen LogP) is 3.49. The lowest BCUT2D eigenvalue weighted by molar-refractivity contribution is 0.305. The highest BCUT2D eigenvalue weighted by molar-refractivity contribution is 7.11. The van der Waals surface area contributed by atoms with Crippen molar-refractivity contribution >= 4 is 11.3 Å². The van der Waals surface area contributed by atoms with Gasteiger partial charge in [0.05, 0.1) is 17.3 Å². The van der Waals surface area contributed by atoms with Crippen molar-refractivity contribution in [3.63, 3.8) is 0 Å².